The quantitative estimate of drug-likeness (QED) is 0.388. The molecule has 4 heterocycles. The summed E-state index contributed by atoms with van der Waals surface area (Å²) in [5.74, 6) is -0.526. The number of benzene rings is 1. The lowest BCUT2D eigenvalue weighted by Gasteiger charge is -2.22. The maximum Gasteiger partial charge on any atom is 0.156 e. The van der Waals surface area contributed by atoms with Crippen LogP contribution in [-0.2, 0) is 18.0 Å². The summed E-state index contributed by atoms with van der Waals surface area (Å²) in [7, 11) is 0. The summed E-state index contributed by atoms with van der Waals surface area (Å²) in [5, 5.41) is 8.26. The van der Waals surface area contributed by atoms with Gasteiger partial charge in [-0.3, -0.25) is 4.68 Å². The summed E-state index contributed by atoms with van der Waals surface area (Å²) >= 11 is 12.2. The average Bonchev–Trinajstić information content (AvgIpc) is 3.47. The highest BCUT2D eigenvalue weighted by Crippen LogP contribution is 2.29. The van der Waals surface area contributed by atoms with Crippen molar-refractivity contribution in [3.8, 4) is 11.3 Å². The number of aromatic amines is 1. The predicted octanol–water partition coefficient (Wildman–Crippen LogP) is 4.91. The topological polar surface area (TPSA) is 80.6 Å². The average molecular weight is 475 g/mol. The number of aromatic nitrogens is 5. The minimum Gasteiger partial charge on any atom is -0.372 e. The molecule has 0 atom stereocenters. The number of H-pyrrole nitrogens is 1. The van der Waals surface area contributed by atoms with E-state index in [-0.39, 0.29) is 18.2 Å². The number of nitrogens with zero attached hydrogens (tertiary/aromatic N) is 4. The molecule has 1 fully saturated rings. The third-order valence-electron chi connectivity index (χ3n) is 5.68. The number of halogens is 3. The van der Waals surface area contributed by atoms with E-state index in [9.17, 15) is 4.39 Å². The molecule has 1 aliphatic rings. The van der Waals surface area contributed by atoms with E-state index in [1.807, 2.05) is 23.3 Å². The second kappa shape index (κ2) is 9.15. The zero-order chi connectivity index (χ0) is 22.1. The summed E-state index contributed by atoms with van der Waals surface area (Å²) in [5.41, 5.74) is 4.31. The third kappa shape index (κ3) is 4.23. The van der Waals surface area contributed by atoms with E-state index in [1.54, 1.807) is 6.20 Å². The maximum absolute atomic E-state index is 13.7. The van der Waals surface area contributed by atoms with Gasteiger partial charge in [0.15, 0.2) is 5.65 Å². The van der Waals surface area contributed by atoms with Crippen LogP contribution < -0.4 is 5.32 Å². The fourth-order valence-corrected chi connectivity index (χ4v) is 4.38. The van der Waals surface area contributed by atoms with Gasteiger partial charge in [-0.05, 0) is 38.1 Å². The molecule has 1 aliphatic heterocycles. The van der Waals surface area contributed by atoms with Crippen molar-refractivity contribution in [2.45, 2.75) is 32.1 Å². The molecule has 0 spiro atoms. The Kier molecular flexibility index (Phi) is 6.10. The van der Waals surface area contributed by atoms with E-state index in [1.165, 1.54) is 12.1 Å². The van der Waals surface area contributed by atoms with Crippen LogP contribution in [0, 0.1) is 5.82 Å². The smallest absolute Gasteiger partial charge is 0.156 e. The molecule has 0 saturated carbocycles. The fourth-order valence-electron chi connectivity index (χ4n) is 3.90. The monoisotopic (exact) mass is 474 g/mol. The molecule has 0 bridgehead atoms. The Morgan fingerprint density at radius 2 is 2.00 bits per heavy atom. The van der Waals surface area contributed by atoms with Crippen LogP contribution in [0.25, 0.3) is 22.4 Å². The van der Waals surface area contributed by atoms with Gasteiger partial charge in [0, 0.05) is 34.1 Å². The minimum atomic E-state index is -0.526. The predicted molar refractivity (Wildman–Crippen MR) is 121 cm³/mol. The first-order chi connectivity index (χ1) is 15.6. The van der Waals surface area contributed by atoms with Gasteiger partial charge in [-0.2, -0.15) is 5.10 Å². The van der Waals surface area contributed by atoms with Crippen molar-refractivity contribution in [1.82, 2.24) is 30.0 Å². The Labute approximate surface area is 193 Å². The number of ether oxygens (including phenoxy) is 1. The number of piperidine rings is 1. The molecule has 0 amide bonds. The van der Waals surface area contributed by atoms with E-state index >= 15 is 0 Å². The van der Waals surface area contributed by atoms with Gasteiger partial charge in [0.25, 0.3) is 0 Å². The molecule has 3 aromatic heterocycles. The van der Waals surface area contributed by atoms with E-state index in [2.05, 4.69) is 20.4 Å². The summed E-state index contributed by atoms with van der Waals surface area (Å²) in [6.45, 7) is 2.34. The van der Waals surface area contributed by atoms with Crippen molar-refractivity contribution in [2.24, 2.45) is 0 Å². The molecule has 0 aliphatic carbocycles. The lowest BCUT2D eigenvalue weighted by atomic mass is 10.1. The minimum absolute atomic E-state index is 0.0238. The van der Waals surface area contributed by atoms with Gasteiger partial charge >= 0.3 is 0 Å². The highest BCUT2D eigenvalue weighted by atomic mass is 35.5. The van der Waals surface area contributed by atoms with Crippen molar-refractivity contribution in [1.29, 1.82) is 0 Å². The molecule has 1 aromatic carbocycles. The van der Waals surface area contributed by atoms with Crippen LogP contribution in [0.4, 0.5) is 4.39 Å². The first-order valence-electron chi connectivity index (χ1n) is 10.4. The fraction of sp³-hybridized carbons (Fsp3) is 0.318. The van der Waals surface area contributed by atoms with Crippen LogP contribution in [0.2, 0.25) is 10.0 Å². The van der Waals surface area contributed by atoms with E-state index in [4.69, 9.17) is 32.9 Å². The molecule has 0 unspecified atom stereocenters. The SMILES string of the molecule is Fc1ccc(Cl)c(COCc2c[nH]c3ncc(-c4cnn(C5CCNCC5)c4)nc23)c1Cl. The van der Waals surface area contributed by atoms with E-state index < -0.39 is 5.82 Å². The molecular formula is C22H21Cl2FN6O. The lowest BCUT2D eigenvalue weighted by molar-refractivity contribution is 0.108. The number of rotatable bonds is 6. The van der Waals surface area contributed by atoms with Crippen molar-refractivity contribution in [3.05, 3.63) is 63.9 Å². The van der Waals surface area contributed by atoms with Crippen LogP contribution in [0.3, 0.4) is 0 Å². The Morgan fingerprint density at radius 1 is 1.16 bits per heavy atom. The second-order valence-electron chi connectivity index (χ2n) is 7.77. The van der Waals surface area contributed by atoms with Crippen molar-refractivity contribution < 1.29 is 9.13 Å². The van der Waals surface area contributed by atoms with Gasteiger partial charge < -0.3 is 15.0 Å². The summed E-state index contributed by atoms with van der Waals surface area (Å²) < 4.78 is 21.5. The van der Waals surface area contributed by atoms with Gasteiger partial charge in [-0.15, -0.1) is 0 Å². The highest BCUT2D eigenvalue weighted by molar-refractivity contribution is 6.36. The zero-order valence-electron chi connectivity index (χ0n) is 17.1. The second-order valence-corrected chi connectivity index (χ2v) is 8.56. The maximum atomic E-state index is 13.7. The summed E-state index contributed by atoms with van der Waals surface area (Å²) in [6.07, 6.45) is 9.52. The number of hydrogen-bond donors (Lipinski definition) is 2. The van der Waals surface area contributed by atoms with Crippen LogP contribution in [0.1, 0.15) is 30.0 Å². The number of fused-ring (bicyclic) bond motifs is 1. The molecule has 5 rings (SSSR count). The summed E-state index contributed by atoms with van der Waals surface area (Å²) in [6, 6.07) is 3.10. The number of hydrogen-bond acceptors (Lipinski definition) is 5. The molecule has 166 valence electrons. The first-order valence-corrected chi connectivity index (χ1v) is 11.1. The third-order valence-corrected chi connectivity index (χ3v) is 6.45. The molecule has 0 radical (unpaired) electrons. The van der Waals surface area contributed by atoms with Crippen LogP contribution in [0.5, 0.6) is 0 Å². The first kappa shape index (κ1) is 21.3. The van der Waals surface area contributed by atoms with Crippen LogP contribution >= 0.6 is 23.2 Å². The largest absolute Gasteiger partial charge is 0.372 e. The Balaban J connectivity index is 1.33. The van der Waals surface area contributed by atoms with Gasteiger partial charge in [0.2, 0.25) is 0 Å². The Hall–Kier alpha value is -2.52. The van der Waals surface area contributed by atoms with Crippen molar-refractivity contribution in [3.63, 3.8) is 0 Å². The molecule has 32 heavy (non-hydrogen) atoms. The lowest BCUT2D eigenvalue weighted by Crippen LogP contribution is -2.29. The molecule has 2 N–H and O–H groups in total. The van der Waals surface area contributed by atoms with Gasteiger partial charge in [0.05, 0.1) is 42.4 Å². The molecule has 1 saturated heterocycles. The standard InChI is InChI=1S/C22H21Cl2FN6O/c23-17-1-2-18(25)20(24)16(17)12-32-11-14-7-27-22-21(14)30-19(9-28-22)13-8-29-31(10-13)15-3-5-26-6-4-15/h1-2,7-10,15,26H,3-6,11-12H2,(H,27,28). The van der Waals surface area contributed by atoms with E-state index in [0.717, 1.165) is 42.8 Å². The van der Waals surface area contributed by atoms with Crippen molar-refractivity contribution >= 4 is 34.4 Å². The van der Waals surface area contributed by atoms with Gasteiger partial charge in [-0.1, -0.05) is 23.2 Å². The van der Waals surface area contributed by atoms with E-state index in [0.29, 0.717) is 27.8 Å². The Morgan fingerprint density at radius 3 is 2.84 bits per heavy atom. The molecule has 10 heteroatoms. The molecule has 4 aromatic rings. The zero-order valence-corrected chi connectivity index (χ0v) is 18.6. The summed E-state index contributed by atoms with van der Waals surface area (Å²) in [4.78, 5) is 12.4. The van der Waals surface area contributed by atoms with Gasteiger partial charge in [0.1, 0.15) is 11.3 Å². The van der Waals surface area contributed by atoms with Crippen molar-refractivity contribution in [2.75, 3.05) is 13.1 Å². The Bertz CT molecular complexity index is 1250. The highest BCUT2D eigenvalue weighted by Gasteiger charge is 2.17. The molecule has 7 nitrogen and oxygen atoms in total. The molecular weight excluding hydrogens is 454 g/mol. The normalized spacial score (nSPS) is 15.0. The van der Waals surface area contributed by atoms with Crippen LogP contribution in [0.15, 0.2) is 36.9 Å². The number of nitrogens with one attached hydrogen (secondary N) is 2. The van der Waals surface area contributed by atoms with Crippen LogP contribution in [-0.4, -0.2) is 37.8 Å². The van der Waals surface area contributed by atoms with Gasteiger partial charge in [-0.25, -0.2) is 14.4 Å².